The molecule has 1 aliphatic heterocycles. The van der Waals surface area contributed by atoms with Crippen molar-refractivity contribution in [2.24, 2.45) is 23.7 Å². The van der Waals surface area contributed by atoms with Crippen molar-refractivity contribution in [2.75, 3.05) is 13.2 Å². The third-order valence-electron chi connectivity index (χ3n) is 4.65. The van der Waals surface area contributed by atoms with Crippen molar-refractivity contribution in [3.05, 3.63) is 51.8 Å². The van der Waals surface area contributed by atoms with E-state index in [1.54, 1.807) is 12.3 Å². The summed E-state index contributed by atoms with van der Waals surface area (Å²) in [7, 11) is 1.92. The molecule has 0 saturated carbocycles. The smallest absolute Gasteiger partial charge is 0.189 e. The lowest BCUT2D eigenvalue weighted by Crippen LogP contribution is -2.34. The molecule has 3 rings (SSSR count). The van der Waals surface area contributed by atoms with E-state index in [2.05, 4.69) is 15.4 Å². The predicted molar refractivity (Wildman–Crippen MR) is 105 cm³/mol. The van der Waals surface area contributed by atoms with Crippen LogP contribution in [0.15, 0.2) is 35.5 Å². The molecule has 1 aromatic heterocycles. The van der Waals surface area contributed by atoms with Gasteiger partial charge in [0.05, 0.1) is 11.7 Å². The highest BCUT2D eigenvalue weighted by atomic mass is 35.5. The van der Waals surface area contributed by atoms with Gasteiger partial charge < -0.3 is 15.8 Å². The van der Waals surface area contributed by atoms with Crippen LogP contribution in [0.25, 0.3) is 0 Å². The van der Waals surface area contributed by atoms with Crippen molar-refractivity contribution in [1.29, 1.82) is 0 Å². The maximum Gasteiger partial charge on any atom is 0.189 e. The summed E-state index contributed by atoms with van der Waals surface area (Å²) >= 11 is 12.2. The number of hydrogen-bond acceptors (Lipinski definition) is 3. The van der Waals surface area contributed by atoms with Crippen LogP contribution >= 0.6 is 23.2 Å². The van der Waals surface area contributed by atoms with Gasteiger partial charge in [0.2, 0.25) is 0 Å². The number of nitrogens with two attached hydrogens (primary N) is 1. The number of nitrogens with zero attached hydrogens (tertiary/aromatic N) is 3. The molecule has 0 bridgehead atoms. The zero-order valence-electron chi connectivity index (χ0n) is 14.8. The fourth-order valence-electron chi connectivity index (χ4n) is 3.22. The minimum atomic E-state index is -0.0729. The fraction of sp³-hybridized carbons (Fsp3) is 0.444. The Bertz CT molecular complexity index is 792. The zero-order valence-corrected chi connectivity index (χ0v) is 16.3. The monoisotopic (exact) mass is 395 g/mol. The van der Waals surface area contributed by atoms with Crippen LogP contribution in [0.4, 0.5) is 0 Å². The Labute approximate surface area is 163 Å². The first-order valence-electron chi connectivity index (χ1n) is 8.56. The molecule has 1 saturated heterocycles. The lowest BCUT2D eigenvalue weighted by atomic mass is 9.99. The van der Waals surface area contributed by atoms with Crippen molar-refractivity contribution in [2.45, 2.75) is 25.5 Å². The van der Waals surface area contributed by atoms with Crippen LogP contribution in [0.1, 0.15) is 36.7 Å². The molecule has 0 amide bonds. The van der Waals surface area contributed by atoms with Gasteiger partial charge in [-0.15, -0.1) is 0 Å². The minimum Gasteiger partial charge on any atom is -0.372 e. The van der Waals surface area contributed by atoms with E-state index in [0.29, 0.717) is 22.5 Å². The summed E-state index contributed by atoms with van der Waals surface area (Å²) in [5.74, 6) is 0.666. The van der Waals surface area contributed by atoms with Gasteiger partial charge in [-0.3, -0.25) is 9.67 Å². The van der Waals surface area contributed by atoms with Crippen LogP contribution in [0.3, 0.4) is 0 Å². The summed E-state index contributed by atoms with van der Waals surface area (Å²) in [5.41, 5.74) is 8.06. The topological polar surface area (TPSA) is 77.5 Å². The maximum absolute atomic E-state index is 6.25. The first-order valence-corrected chi connectivity index (χ1v) is 9.32. The Morgan fingerprint density at radius 1 is 1.46 bits per heavy atom. The van der Waals surface area contributed by atoms with Crippen LogP contribution in [0.5, 0.6) is 0 Å². The van der Waals surface area contributed by atoms with Gasteiger partial charge in [-0.1, -0.05) is 29.3 Å². The number of guanidine groups is 1. The van der Waals surface area contributed by atoms with Crippen molar-refractivity contribution in [3.63, 3.8) is 0 Å². The van der Waals surface area contributed by atoms with Gasteiger partial charge >= 0.3 is 0 Å². The minimum absolute atomic E-state index is 0.00202. The summed E-state index contributed by atoms with van der Waals surface area (Å²) in [6, 6.07) is 7.33. The summed E-state index contributed by atoms with van der Waals surface area (Å²) in [6.07, 6.45) is 2.73. The number of aryl methyl sites for hydroxylation is 1. The van der Waals surface area contributed by atoms with Crippen LogP contribution < -0.4 is 11.1 Å². The summed E-state index contributed by atoms with van der Waals surface area (Å²) in [4.78, 5) is 4.51. The van der Waals surface area contributed by atoms with E-state index in [-0.39, 0.29) is 18.1 Å². The second kappa shape index (κ2) is 8.29. The second-order valence-corrected chi connectivity index (χ2v) is 7.32. The first kappa shape index (κ1) is 19.0. The third-order valence-corrected chi connectivity index (χ3v) is 5.22. The largest absolute Gasteiger partial charge is 0.372 e. The molecule has 26 heavy (non-hydrogen) atoms. The Kier molecular flexibility index (Phi) is 6.06. The van der Waals surface area contributed by atoms with Crippen LogP contribution in [0, 0.1) is 5.92 Å². The molecule has 1 aromatic carbocycles. The summed E-state index contributed by atoms with van der Waals surface area (Å²) in [6.45, 7) is 3.30. The Morgan fingerprint density at radius 3 is 2.96 bits per heavy atom. The van der Waals surface area contributed by atoms with Gasteiger partial charge in [0.1, 0.15) is 6.10 Å². The van der Waals surface area contributed by atoms with E-state index < -0.39 is 0 Å². The van der Waals surface area contributed by atoms with E-state index in [0.717, 1.165) is 24.3 Å². The van der Waals surface area contributed by atoms with Gasteiger partial charge in [0.25, 0.3) is 0 Å². The Balaban J connectivity index is 1.62. The molecule has 6 nitrogen and oxygen atoms in total. The highest BCUT2D eigenvalue weighted by Gasteiger charge is 2.31. The van der Waals surface area contributed by atoms with Gasteiger partial charge in [-0.05, 0) is 37.1 Å². The molecule has 0 radical (unpaired) electrons. The molecule has 1 aliphatic rings. The molecule has 2 heterocycles. The number of benzene rings is 1. The molecule has 0 spiro atoms. The SMILES string of the molecule is CC(NC(N)=NC[C@@H]1CCO[C@H]1c1ccnn1C)c1ccc(Cl)cc1Cl. The van der Waals surface area contributed by atoms with Crippen molar-refractivity contribution in [3.8, 4) is 0 Å². The van der Waals surface area contributed by atoms with Crippen LogP contribution in [-0.4, -0.2) is 28.9 Å². The van der Waals surface area contributed by atoms with Crippen LogP contribution in [0.2, 0.25) is 10.0 Å². The van der Waals surface area contributed by atoms with Crippen molar-refractivity contribution < 1.29 is 4.74 Å². The number of aliphatic imine (C=N–C) groups is 1. The molecule has 3 N–H and O–H groups in total. The maximum atomic E-state index is 6.25. The average molecular weight is 396 g/mol. The van der Waals surface area contributed by atoms with Gasteiger partial charge in [-0.25, -0.2) is 0 Å². The summed E-state index contributed by atoms with van der Waals surface area (Å²) in [5, 5.41) is 8.61. The number of nitrogens with one attached hydrogen (secondary N) is 1. The van der Waals surface area contributed by atoms with Gasteiger partial charge in [0.15, 0.2) is 5.96 Å². The van der Waals surface area contributed by atoms with Gasteiger partial charge in [0, 0.05) is 42.4 Å². The molecule has 8 heteroatoms. The lowest BCUT2D eigenvalue weighted by molar-refractivity contribution is 0.0859. The molecular formula is C18H23Cl2N5O. The quantitative estimate of drug-likeness (QED) is 0.599. The number of ether oxygens (including phenoxy) is 1. The molecule has 3 atom stereocenters. The van der Waals surface area contributed by atoms with E-state index >= 15 is 0 Å². The standard InChI is InChI=1S/C18H23Cl2N5O/c1-11(14-4-3-13(19)9-15(14)20)24-18(21)22-10-12-6-8-26-17(12)16-5-7-23-25(16)2/h3-5,7,9,11-12,17H,6,8,10H2,1-2H3,(H3,21,22,24)/t11?,12-,17+/m0/s1. The first-order chi connectivity index (χ1) is 12.5. The van der Waals surface area contributed by atoms with Gasteiger partial charge in [-0.2, -0.15) is 5.10 Å². The molecule has 140 valence electrons. The zero-order chi connectivity index (χ0) is 18.7. The van der Waals surface area contributed by atoms with Crippen LogP contribution in [-0.2, 0) is 11.8 Å². The molecule has 1 unspecified atom stereocenters. The predicted octanol–water partition coefficient (Wildman–Crippen LogP) is 3.47. The Morgan fingerprint density at radius 2 is 2.27 bits per heavy atom. The highest BCUT2D eigenvalue weighted by molar-refractivity contribution is 6.35. The number of rotatable bonds is 5. The summed E-state index contributed by atoms with van der Waals surface area (Å²) < 4.78 is 7.73. The Hall–Kier alpha value is -1.76. The lowest BCUT2D eigenvalue weighted by Gasteiger charge is -2.19. The van der Waals surface area contributed by atoms with Crippen molar-refractivity contribution >= 4 is 29.2 Å². The molecule has 0 aliphatic carbocycles. The average Bonchev–Trinajstić information content (AvgIpc) is 3.20. The molecular weight excluding hydrogens is 373 g/mol. The molecule has 1 fully saturated rings. The second-order valence-electron chi connectivity index (χ2n) is 6.48. The van der Waals surface area contributed by atoms with E-state index in [9.17, 15) is 0 Å². The van der Waals surface area contributed by atoms with E-state index in [4.69, 9.17) is 33.7 Å². The third kappa shape index (κ3) is 4.31. The van der Waals surface area contributed by atoms with Crippen molar-refractivity contribution in [1.82, 2.24) is 15.1 Å². The van der Waals surface area contributed by atoms with E-state index in [1.807, 2.05) is 36.9 Å². The highest BCUT2D eigenvalue weighted by Crippen LogP contribution is 2.34. The normalized spacial score (nSPS) is 21.8. The number of halogens is 2. The number of aromatic nitrogens is 2. The fourth-order valence-corrected chi connectivity index (χ4v) is 3.80. The number of hydrogen-bond donors (Lipinski definition) is 2. The van der Waals surface area contributed by atoms with E-state index in [1.165, 1.54) is 0 Å². The molecule has 2 aromatic rings.